The van der Waals surface area contributed by atoms with Gasteiger partial charge in [-0.25, -0.2) is 4.79 Å². The molecule has 4 heteroatoms. The highest BCUT2D eigenvalue weighted by Gasteiger charge is 2.27. The number of hydrogen-bond acceptors (Lipinski definition) is 3. The van der Waals surface area contributed by atoms with Gasteiger partial charge < -0.3 is 15.4 Å². The Hall–Kier alpha value is -0.770. The van der Waals surface area contributed by atoms with E-state index in [0.717, 1.165) is 25.3 Å². The molecule has 112 valence electrons. The lowest BCUT2D eigenvalue weighted by Crippen LogP contribution is -2.38. The van der Waals surface area contributed by atoms with Crippen molar-refractivity contribution in [1.82, 2.24) is 10.6 Å². The monoisotopic (exact) mass is 270 g/mol. The van der Waals surface area contributed by atoms with Gasteiger partial charge in [0.1, 0.15) is 5.60 Å². The molecule has 0 aliphatic heterocycles. The molecule has 19 heavy (non-hydrogen) atoms. The first-order valence-corrected chi connectivity index (χ1v) is 7.49. The molecule has 1 saturated carbocycles. The fourth-order valence-electron chi connectivity index (χ4n) is 2.52. The summed E-state index contributed by atoms with van der Waals surface area (Å²) in [7, 11) is 0. The van der Waals surface area contributed by atoms with Gasteiger partial charge in [-0.05, 0) is 58.9 Å². The van der Waals surface area contributed by atoms with Crippen LogP contribution >= 0.6 is 0 Å². The van der Waals surface area contributed by atoms with Crippen molar-refractivity contribution in [3.8, 4) is 0 Å². The summed E-state index contributed by atoms with van der Waals surface area (Å²) < 4.78 is 5.29. The summed E-state index contributed by atoms with van der Waals surface area (Å²) >= 11 is 0. The second-order valence-corrected chi connectivity index (χ2v) is 6.92. The lowest BCUT2D eigenvalue weighted by Gasteiger charge is -2.21. The first kappa shape index (κ1) is 16.3. The van der Waals surface area contributed by atoms with E-state index in [-0.39, 0.29) is 6.09 Å². The number of hydrogen-bond donors (Lipinski definition) is 2. The molecule has 1 amide bonds. The van der Waals surface area contributed by atoms with Crippen molar-refractivity contribution < 1.29 is 9.53 Å². The van der Waals surface area contributed by atoms with Crippen LogP contribution in [0.25, 0.3) is 0 Å². The minimum atomic E-state index is -0.413. The van der Waals surface area contributed by atoms with E-state index in [1.54, 1.807) is 0 Å². The molecule has 1 aliphatic rings. The van der Waals surface area contributed by atoms with Crippen LogP contribution in [0.1, 0.15) is 60.3 Å². The third-order valence-electron chi connectivity index (χ3n) is 3.37. The van der Waals surface area contributed by atoms with Crippen LogP contribution in [0, 0.1) is 5.92 Å². The third-order valence-corrected chi connectivity index (χ3v) is 3.37. The highest BCUT2D eigenvalue weighted by atomic mass is 16.6. The minimum absolute atomic E-state index is 0.279. The van der Waals surface area contributed by atoms with E-state index in [4.69, 9.17) is 4.74 Å². The van der Waals surface area contributed by atoms with Gasteiger partial charge in [-0.1, -0.05) is 13.8 Å². The van der Waals surface area contributed by atoms with E-state index in [1.165, 1.54) is 12.8 Å². The average Bonchev–Trinajstić information content (AvgIpc) is 2.61. The minimum Gasteiger partial charge on any atom is -0.444 e. The summed E-state index contributed by atoms with van der Waals surface area (Å²) in [5.74, 6) is 0.728. The Bertz CT molecular complexity index is 284. The Morgan fingerprint density at radius 1 is 1.32 bits per heavy atom. The second kappa shape index (κ2) is 7.13. The van der Waals surface area contributed by atoms with Crippen molar-refractivity contribution >= 4 is 6.09 Å². The van der Waals surface area contributed by atoms with Crippen LogP contribution in [-0.4, -0.2) is 30.3 Å². The number of nitrogens with one attached hydrogen (secondary N) is 2. The fourth-order valence-corrected chi connectivity index (χ4v) is 2.52. The molecule has 0 spiro atoms. The summed E-state index contributed by atoms with van der Waals surface area (Å²) in [5.41, 5.74) is -0.413. The molecule has 1 fully saturated rings. The smallest absolute Gasteiger partial charge is 0.407 e. The van der Waals surface area contributed by atoms with Crippen LogP contribution in [0.4, 0.5) is 4.79 Å². The Kier molecular flexibility index (Phi) is 6.11. The first-order chi connectivity index (χ1) is 8.76. The molecule has 0 aromatic heterocycles. The molecular formula is C15H30N2O2. The van der Waals surface area contributed by atoms with Gasteiger partial charge in [-0.15, -0.1) is 0 Å². The van der Waals surface area contributed by atoms with Gasteiger partial charge in [0, 0.05) is 12.1 Å². The zero-order valence-corrected chi connectivity index (χ0v) is 13.1. The van der Waals surface area contributed by atoms with E-state index in [0.29, 0.717) is 12.1 Å². The van der Waals surface area contributed by atoms with Crippen LogP contribution in [0.5, 0.6) is 0 Å². The van der Waals surface area contributed by atoms with E-state index < -0.39 is 5.60 Å². The maximum atomic E-state index is 11.7. The second-order valence-electron chi connectivity index (χ2n) is 6.92. The molecule has 0 radical (unpaired) electrons. The Labute approximate surface area is 117 Å². The average molecular weight is 270 g/mol. The van der Waals surface area contributed by atoms with Crippen LogP contribution in [-0.2, 0) is 4.74 Å². The number of ether oxygens (including phenoxy) is 1. The van der Waals surface area contributed by atoms with Crippen molar-refractivity contribution in [2.75, 3.05) is 6.54 Å². The Morgan fingerprint density at radius 3 is 2.58 bits per heavy atom. The molecule has 0 heterocycles. The summed E-state index contributed by atoms with van der Waals surface area (Å²) in [6, 6.07) is 0.844. The van der Waals surface area contributed by atoms with Gasteiger partial charge in [0.2, 0.25) is 0 Å². The maximum Gasteiger partial charge on any atom is 0.407 e. The Balaban J connectivity index is 2.19. The largest absolute Gasteiger partial charge is 0.444 e. The predicted octanol–water partition coefficient (Wildman–Crippen LogP) is 3.07. The van der Waals surface area contributed by atoms with Crippen molar-refractivity contribution in [2.24, 2.45) is 5.92 Å². The van der Waals surface area contributed by atoms with Gasteiger partial charge in [0.25, 0.3) is 0 Å². The zero-order valence-electron chi connectivity index (χ0n) is 13.1. The number of carbonyl (C=O) groups is 1. The highest BCUT2D eigenvalue weighted by molar-refractivity contribution is 5.68. The summed E-state index contributed by atoms with van der Waals surface area (Å²) in [6.07, 6.45) is 4.29. The lowest BCUT2D eigenvalue weighted by atomic mass is 10.0. The zero-order chi connectivity index (χ0) is 14.5. The predicted molar refractivity (Wildman–Crippen MR) is 78.3 cm³/mol. The van der Waals surface area contributed by atoms with E-state index >= 15 is 0 Å². The molecule has 0 aromatic rings. The topological polar surface area (TPSA) is 50.4 Å². The number of rotatable bonds is 5. The van der Waals surface area contributed by atoms with Crippen LogP contribution in [0.15, 0.2) is 0 Å². The van der Waals surface area contributed by atoms with Gasteiger partial charge in [-0.2, -0.15) is 0 Å². The molecule has 2 unspecified atom stereocenters. The van der Waals surface area contributed by atoms with Crippen molar-refractivity contribution in [2.45, 2.75) is 78.0 Å². The van der Waals surface area contributed by atoms with Crippen LogP contribution in [0.3, 0.4) is 0 Å². The molecule has 0 saturated heterocycles. The summed E-state index contributed by atoms with van der Waals surface area (Å²) in [4.78, 5) is 11.7. The van der Waals surface area contributed by atoms with E-state index in [9.17, 15) is 4.79 Å². The number of carbonyl (C=O) groups excluding carboxylic acids is 1. The molecule has 4 nitrogen and oxygen atoms in total. The van der Waals surface area contributed by atoms with E-state index in [2.05, 4.69) is 24.5 Å². The van der Waals surface area contributed by atoms with Crippen LogP contribution < -0.4 is 10.6 Å². The molecule has 0 aromatic carbocycles. The molecule has 0 bridgehead atoms. The van der Waals surface area contributed by atoms with Crippen LogP contribution in [0.2, 0.25) is 0 Å². The normalized spacial score (nSPS) is 23.7. The van der Waals surface area contributed by atoms with Gasteiger partial charge in [0.15, 0.2) is 0 Å². The lowest BCUT2D eigenvalue weighted by molar-refractivity contribution is 0.0504. The number of amides is 1. The quantitative estimate of drug-likeness (QED) is 0.807. The number of alkyl carbamates (subject to hydrolysis) is 1. The maximum absolute atomic E-state index is 11.7. The summed E-state index contributed by atoms with van der Waals surface area (Å²) in [5, 5.41) is 6.43. The summed E-state index contributed by atoms with van der Waals surface area (Å²) in [6.45, 7) is 11.1. The van der Waals surface area contributed by atoms with Gasteiger partial charge in [0.05, 0.1) is 0 Å². The standard InChI is InChI=1S/C15H30N2O2/c1-11(2)16-9-8-12-6-7-13(10-12)17-14(18)19-15(3,4)5/h11-13,16H,6-10H2,1-5H3,(H,17,18). The first-order valence-electron chi connectivity index (χ1n) is 7.49. The van der Waals surface area contributed by atoms with Gasteiger partial charge >= 0.3 is 6.09 Å². The SMILES string of the molecule is CC(C)NCCC1CCC(NC(=O)OC(C)(C)C)C1. The van der Waals surface area contributed by atoms with Crippen molar-refractivity contribution in [1.29, 1.82) is 0 Å². The van der Waals surface area contributed by atoms with E-state index in [1.807, 2.05) is 20.8 Å². The molecule has 2 atom stereocenters. The third kappa shape index (κ3) is 7.41. The van der Waals surface area contributed by atoms with Gasteiger partial charge in [-0.3, -0.25) is 0 Å². The molecule has 1 aliphatic carbocycles. The van der Waals surface area contributed by atoms with Crippen molar-refractivity contribution in [3.63, 3.8) is 0 Å². The molecule has 2 N–H and O–H groups in total. The van der Waals surface area contributed by atoms with Crippen molar-refractivity contribution in [3.05, 3.63) is 0 Å². The Morgan fingerprint density at radius 2 is 2.00 bits per heavy atom. The highest BCUT2D eigenvalue weighted by Crippen LogP contribution is 2.28. The molecule has 1 rings (SSSR count). The fraction of sp³-hybridized carbons (Fsp3) is 0.933. The molecular weight excluding hydrogens is 240 g/mol.